The Bertz CT molecular complexity index is 1490. The zero-order valence-electron chi connectivity index (χ0n) is 20.3. The third-order valence-corrected chi connectivity index (χ3v) is 6.27. The van der Waals surface area contributed by atoms with Gasteiger partial charge in [0.25, 0.3) is 0 Å². The van der Waals surface area contributed by atoms with Crippen LogP contribution in [-0.4, -0.2) is 40.3 Å². The number of hydrogen-bond acceptors (Lipinski definition) is 7. The second-order valence-corrected chi connectivity index (χ2v) is 8.82. The number of anilines is 1. The number of aryl methyl sites for hydroxylation is 2. The van der Waals surface area contributed by atoms with E-state index in [2.05, 4.69) is 20.8 Å². The Morgan fingerprint density at radius 3 is 2.75 bits per heavy atom. The summed E-state index contributed by atoms with van der Waals surface area (Å²) in [4.78, 5) is 19.8. The molecule has 186 valence electrons. The number of ether oxygens (including phenoxy) is 1. The van der Waals surface area contributed by atoms with Crippen molar-refractivity contribution < 1.29 is 23.6 Å². The van der Waals surface area contributed by atoms with Gasteiger partial charge in [-0.25, -0.2) is 9.38 Å². The Morgan fingerprint density at radius 2 is 2.08 bits per heavy atom. The van der Waals surface area contributed by atoms with Crippen LogP contribution in [0.5, 0.6) is 5.75 Å². The lowest BCUT2D eigenvalue weighted by Gasteiger charge is -2.25. The van der Waals surface area contributed by atoms with Gasteiger partial charge < -0.3 is 30.0 Å². The molecular formula is C26H26FN5O4. The van der Waals surface area contributed by atoms with E-state index in [1.165, 1.54) is 12.1 Å². The summed E-state index contributed by atoms with van der Waals surface area (Å²) < 4.78 is 25.1. The van der Waals surface area contributed by atoms with Crippen LogP contribution in [0.1, 0.15) is 42.0 Å². The fourth-order valence-corrected chi connectivity index (χ4v) is 4.73. The Kier molecular flexibility index (Phi) is 5.87. The number of aromatic nitrogens is 2. The molecule has 0 saturated carbocycles. The third kappa shape index (κ3) is 4.15. The number of carboxylic acids is 1. The summed E-state index contributed by atoms with van der Waals surface area (Å²) in [5.41, 5.74) is 4.55. The molecule has 1 aliphatic heterocycles. The van der Waals surface area contributed by atoms with Crippen molar-refractivity contribution in [2.45, 2.75) is 39.4 Å². The number of aliphatic carboxylic acids is 1. The topological polar surface area (TPSA) is 125 Å². The summed E-state index contributed by atoms with van der Waals surface area (Å²) in [6.07, 6.45) is -0.531. The van der Waals surface area contributed by atoms with Crippen LogP contribution in [0.25, 0.3) is 22.0 Å². The number of nitrogens with zero attached hydrogens (tertiary/aromatic N) is 2. The van der Waals surface area contributed by atoms with Gasteiger partial charge in [0.15, 0.2) is 0 Å². The van der Waals surface area contributed by atoms with Crippen molar-refractivity contribution in [2.24, 2.45) is 4.99 Å². The first-order chi connectivity index (χ1) is 17.2. The first kappa shape index (κ1) is 23.4. The van der Waals surface area contributed by atoms with Gasteiger partial charge in [0.2, 0.25) is 0 Å². The molecule has 10 heteroatoms. The van der Waals surface area contributed by atoms with Gasteiger partial charge in [-0.05, 0) is 50.6 Å². The zero-order valence-corrected chi connectivity index (χ0v) is 20.3. The predicted molar refractivity (Wildman–Crippen MR) is 134 cm³/mol. The summed E-state index contributed by atoms with van der Waals surface area (Å²) in [7, 11) is 1.60. The average molecular weight is 492 g/mol. The fourth-order valence-electron chi connectivity index (χ4n) is 4.73. The molecule has 5 rings (SSSR count). The maximum Gasteiger partial charge on any atom is 0.305 e. The van der Waals surface area contributed by atoms with Gasteiger partial charge in [-0.15, -0.1) is 0 Å². The third-order valence-electron chi connectivity index (χ3n) is 6.27. The Balaban J connectivity index is 1.63. The monoisotopic (exact) mass is 491 g/mol. The van der Waals surface area contributed by atoms with Crippen molar-refractivity contribution in [1.82, 2.24) is 15.5 Å². The van der Waals surface area contributed by atoms with Crippen molar-refractivity contribution in [3.63, 3.8) is 0 Å². The molecule has 2 unspecified atom stereocenters. The molecule has 1 aliphatic rings. The summed E-state index contributed by atoms with van der Waals surface area (Å²) >= 11 is 0. The number of fused-ring (bicyclic) bond motifs is 3. The highest BCUT2D eigenvalue weighted by molar-refractivity contribution is 6.16. The second kappa shape index (κ2) is 9.03. The van der Waals surface area contributed by atoms with Gasteiger partial charge in [0.1, 0.15) is 35.1 Å². The summed E-state index contributed by atoms with van der Waals surface area (Å²) in [6, 6.07) is 9.12. The molecule has 2 aromatic heterocycles. The minimum absolute atomic E-state index is 0.249. The Morgan fingerprint density at radius 1 is 1.28 bits per heavy atom. The van der Waals surface area contributed by atoms with Crippen LogP contribution in [-0.2, 0) is 4.79 Å². The van der Waals surface area contributed by atoms with E-state index >= 15 is 0 Å². The molecule has 0 spiro atoms. The van der Waals surface area contributed by atoms with Gasteiger partial charge in [0, 0.05) is 16.5 Å². The van der Waals surface area contributed by atoms with Gasteiger partial charge in [-0.1, -0.05) is 17.3 Å². The molecule has 36 heavy (non-hydrogen) atoms. The highest BCUT2D eigenvalue weighted by Gasteiger charge is 2.28. The lowest BCUT2D eigenvalue weighted by Crippen LogP contribution is -2.35. The van der Waals surface area contributed by atoms with E-state index in [9.17, 15) is 14.3 Å². The SMILES string of the molecule is COc1cc2c3c([nH]c2cc1-c1c(C)noc1C)NC(C)N=C3NC(CC(=O)O)c1cccc(F)c1. The Labute approximate surface area is 206 Å². The number of aromatic amines is 1. The molecule has 0 radical (unpaired) electrons. The molecule has 4 aromatic rings. The Hall–Kier alpha value is -4.34. The van der Waals surface area contributed by atoms with Crippen LogP contribution >= 0.6 is 0 Å². The van der Waals surface area contributed by atoms with Gasteiger partial charge in [-0.3, -0.25) is 4.79 Å². The number of hydrogen-bond donors (Lipinski definition) is 4. The molecule has 2 aromatic carbocycles. The second-order valence-electron chi connectivity index (χ2n) is 8.82. The molecule has 0 aliphatic carbocycles. The normalized spacial score (nSPS) is 15.7. The molecule has 4 N–H and O–H groups in total. The number of benzene rings is 2. The number of rotatable bonds is 6. The van der Waals surface area contributed by atoms with E-state index < -0.39 is 17.8 Å². The molecule has 0 amide bonds. The largest absolute Gasteiger partial charge is 0.496 e. The lowest BCUT2D eigenvalue weighted by atomic mass is 9.99. The quantitative estimate of drug-likeness (QED) is 0.302. The van der Waals surface area contributed by atoms with Crippen molar-refractivity contribution in [3.05, 3.63) is 64.8 Å². The van der Waals surface area contributed by atoms with E-state index in [1.54, 1.807) is 19.2 Å². The van der Waals surface area contributed by atoms with Crippen molar-refractivity contribution >= 4 is 28.5 Å². The van der Waals surface area contributed by atoms with Crippen molar-refractivity contribution in [1.29, 1.82) is 0 Å². The predicted octanol–water partition coefficient (Wildman–Crippen LogP) is 4.91. The lowest BCUT2D eigenvalue weighted by molar-refractivity contribution is -0.137. The molecule has 3 heterocycles. The fraction of sp³-hybridized carbons (Fsp3) is 0.269. The number of methoxy groups -OCH3 is 1. The zero-order chi connectivity index (χ0) is 25.6. The van der Waals surface area contributed by atoms with Gasteiger partial charge >= 0.3 is 5.97 Å². The van der Waals surface area contributed by atoms with Crippen LogP contribution < -0.4 is 15.4 Å². The number of nitrogens with one attached hydrogen (secondary N) is 3. The van der Waals surface area contributed by atoms with Crippen molar-refractivity contribution in [2.75, 3.05) is 12.4 Å². The van der Waals surface area contributed by atoms with E-state index in [0.29, 0.717) is 22.9 Å². The number of aliphatic imine (C=N–C) groups is 1. The summed E-state index contributed by atoms with van der Waals surface area (Å²) in [5.74, 6) is 1.11. The maximum absolute atomic E-state index is 14.0. The van der Waals surface area contributed by atoms with Crippen LogP contribution in [0.3, 0.4) is 0 Å². The molecule has 0 bridgehead atoms. The highest BCUT2D eigenvalue weighted by atomic mass is 19.1. The summed E-state index contributed by atoms with van der Waals surface area (Å²) in [5, 5.41) is 21.0. The smallest absolute Gasteiger partial charge is 0.305 e. The number of amidine groups is 1. The van der Waals surface area contributed by atoms with E-state index in [-0.39, 0.29) is 12.6 Å². The van der Waals surface area contributed by atoms with Gasteiger partial charge in [-0.2, -0.15) is 0 Å². The highest BCUT2D eigenvalue weighted by Crippen LogP contribution is 2.41. The molecule has 9 nitrogen and oxygen atoms in total. The first-order valence-electron chi connectivity index (χ1n) is 11.5. The van der Waals surface area contributed by atoms with Crippen LogP contribution in [0.4, 0.5) is 10.2 Å². The van der Waals surface area contributed by atoms with Crippen LogP contribution in [0, 0.1) is 19.7 Å². The molecular weight excluding hydrogens is 465 g/mol. The van der Waals surface area contributed by atoms with Crippen molar-refractivity contribution in [3.8, 4) is 16.9 Å². The number of halogens is 1. The molecule has 0 saturated heterocycles. The van der Waals surface area contributed by atoms with Gasteiger partial charge in [0.05, 0.1) is 36.4 Å². The first-order valence-corrected chi connectivity index (χ1v) is 11.5. The molecule has 2 atom stereocenters. The standard InChI is InChI=1S/C26H26FN5O4/c1-12-23(13(2)36-32-12)18-9-20-17(10-21(18)35-4)24-25(28-14(3)29-26(24)31-20)30-19(11-22(33)34)15-6-5-7-16(27)8-15/h5-10,14,19,29,31H,11H2,1-4H3,(H,28,30)(H,33,34). The van der Waals surface area contributed by atoms with E-state index in [0.717, 1.165) is 39.1 Å². The average Bonchev–Trinajstić information content (AvgIpc) is 3.35. The number of H-pyrrole nitrogens is 1. The number of carbonyl (C=O) groups is 1. The van der Waals surface area contributed by atoms with Crippen LogP contribution in [0.15, 0.2) is 45.9 Å². The minimum atomic E-state index is -1.01. The van der Waals surface area contributed by atoms with Crippen LogP contribution in [0.2, 0.25) is 0 Å². The molecule has 0 fully saturated rings. The van der Waals surface area contributed by atoms with E-state index in [4.69, 9.17) is 14.3 Å². The minimum Gasteiger partial charge on any atom is -0.496 e. The summed E-state index contributed by atoms with van der Waals surface area (Å²) in [6.45, 7) is 5.62. The number of carboxylic acid groups (broad SMARTS) is 1. The maximum atomic E-state index is 14.0. The van der Waals surface area contributed by atoms with E-state index in [1.807, 2.05) is 32.9 Å².